The molecule has 4 aromatic rings. The van der Waals surface area contributed by atoms with Crippen molar-refractivity contribution in [3.63, 3.8) is 0 Å². The zero-order chi connectivity index (χ0) is 19.5. The Hall–Kier alpha value is -3.89. The number of nitrogen functional groups attached to an aromatic ring is 1. The first-order chi connectivity index (χ1) is 13.6. The minimum Gasteiger partial charge on any atom is -0.424 e. The van der Waals surface area contributed by atoms with E-state index in [-0.39, 0.29) is 17.9 Å². The van der Waals surface area contributed by atoms with Gasteiger partial charge in [0.15, 0.2) is 0 Å². The summed E-state index contributed by atoms with van der Waals surface area (Å²) in [4.78, 5) is 12.3. The average Bonchev–Trinajstić information content (AvgIpc) is 2.69. The van der Waals surface area contributed by atoms with Gasteiger partial charge in [-0.15, -0.1) is 0 Å². The lowest BCUT2D eigenvalue weighted by Crippen LogP contribution is -2.05. The second kappa shape index (κ2) is 7.39. The van der Waals surface area contributed by atoms with Gasteiger partial charge in [-0.2, -0.15) is 20.2 Å². The van der Waals surface area contributed by atoms with Gasteiger partial charge in [-0.25, -0.2) is 0 Å². The van der Waals surface area contributed by atoms with Crippen LogP contribution in [0.5, 0.6) is 11.8 Å². The molecular weight excluding hydrogens is 376 g/mol. The van der Waals surface area contributed by atoms with E-state index in [0.29, 0.717) is 22.0 Å². The summed E-state index contributed by atoms with van der Waals surface area (Å²) in [5.41, 5.74) is 7.04. The molecule has 1 aromatic heterocycles. The largest absolute Gasteiger partial charge is 0.424 e. The van der Waals surface area contributed by atoms with Gasteiger partial charge in [0.05, 0.1) is 11.6 Å². The van der Waals surface area contributed by atoms with Crippen LogP contribution in [0, 0.1) is 11.3 Å². The van der Waals surface area contributed by atoms with E-state index in [1.54, 1.807) is 30.3 Å². The number of anilines is 3. The molecule has 0 bridgehead atoms. The number of aromatic nitrogens is 3. The van der Waals surface area contributed by atoms with E-state index in [1.807, 2.05) is 30.3 Å². The van der Waals surface area contributed by atoms with Crippen molar-refractivity contribution < 1.29 is 4.74 Å². The zero-order valence-corrected chi connectivity index (χ0v) is 15.2. The van der Waals surface area contributed by atoms with Crippen molar-refractivity contribution in [2.24, 2.45) is 0 Å². The number of nitriles is 1. The Kier molecular flexibility index (Phi) is 4.62. The van der Waals surface area contributed by atoms with Crippen molar-refractivity contribution >= 4 is 40.0 Å². The minimum absolute atomic E-state index is 0.0139. The van der Waals surface area contributed by atoms with Crippen LogP contribution >= 0.6 is 11.6 Å². The monoisotopic (exact) mass is 388 g/mol. The summed E-state index contributed by atoms with van der Waals surface area (Å²) < 4.78 is 5.75. The van der Waals surface area contributed by atoms with Gasteiger partial charge in [-0.1, -0.05) is 29.8 Å². The summed E-state index contributed by atoms with van der Waals surface area (Å²) in [6.07, 6.45) is 0. The Morgan fingerprint density at radius 2 is 1.82 bits per heavy atom. The summed E-state index contributed by atoms with van der Waals surface area (Å²) in [7, 11) is 0. The summed E-state index contributed by atoms with van der Waals surface area (Å²) in [6.45, 7) is 0. The number of hydrogen-bond donors (Lipinski definition) is 2. The molecule has 136 valence electrons. The van der Waals surface area contributed by atoms with E-state index in [4.69, 9.17) is 27.3 Å². The number of nitrogens with zero attached hydrogens (tertiary/aromatic N) is 4. The lowest BCUT2D eigenvalue weighted by molar-refractivity contribution is 0.442. The van der Waals surface area contributed by atoms with Crippen LogP contribution < -0.4 is 15.8 Å². The smallest absolute Gasteiger partial charge is 0.328 e. The van der Waals surface area contributed by atoms with Gasteiger partial charge in [0.2, 0.25) is 11.9 Å². The van der Waals surface area contributed by atoms with Crippen LogP contribution in [-0.2, 0) is 0 Å². The van der Waals surface area contributed by atoms with Gasteiger partial charge in [0, 0.05) is 16.1 Å². The van der Waals surface area contributed by atoms with E-state index in [9.17, 15) is 0 Å². The van der Waals surface area contributed by atoms with E-state index in [0.717, 1.165) is 10.8 Å². The SMILES string of the molecule is N#Cc1ccc(Nc2nc(N)nc(Oc3ccc4cccc(Cl)c4c3)n2)cc1. The van der Waals surface area contributed by atoms with Crippen molar-refractivity contribution in [1.82, 2.24) is 15.0 Å². The number of rotatable bonds is 4. The van der Waals surface area contributed by atoms with Crippen LogP contribution in [-0.4, -0.2) is 15.0 Å². The second-order valence-corrected chi connectivity index (χ2v) is 6.25. The van der Waals surface area contributed by atoms with Crippen LogP contribution in [0.2, 0.25) is 5.02 Å². The van der Waals surface area contributed by atoms with Gasteiger partial charge in [0.1, 0.15) is 5.75 Å². The molecule has 3 aromatic carbocycles. The molecule has 8 heteroatoms. The highest BCUT2D eigenvalue weighted by Crippen LogP contribution is 2.29. The van der Waals surface area contributed by atoms with Crippen molar-refractivity contribution in [1.29, 1.82) is 5.26 Å². The Bertz CT molecular complexity index is 1200. The first-order valence-electron chi connectivity index (χ1n) is 8.25. The van der Waals surface area contributed by atoms with E-state index in [1.165, 1.54) is 0 Å². The van der Waals surface area contributed by atoms with E-state index < -0.39 is 0 Å². The molecule has 0 aliphatic heterocycles. The number of nitrogens with two attached hydrogens (primary N) is 1. The molecule has 0 spiro atoms. The lowest BCUT2D eigenvalue weighted by Gasteiger charge is -2.09. The minimum atomic E-state index is 0.0139. The van der Waals surface area contributed by atoms with Crippen LogP contribution in [0.15, 0.2) is 60.7 Å². The fraction of sp³-hybridized carbons (Fsp3) is 0. The maximum Gasteiger partial charge on any atom is 0.328 e. The van der Waals surface area contributed by atoms with Gasteiger partial charge in [-0.3, -0.25) is 0 Å². The highest BCUT2D eigenvalue weighted by molar-refractivity contribution is 6.35. The molecule has 0 saturated carbocycles. The van der Waals surface area contributed by atoms with Crippen molar-refractivity contribution in [3.05, 3.63) is 71.2 Å². The third-order valence-electron chi connectivity index (χ3n) is 3.91. The maximum atomic E-state index is 8.87. The van der Waals surface area contributed by atoms with Crippen LogP contribution in [0.3, 0.4) is 0 Å². The molecule has 0 aliphatic carbocycles. The molecule has 1 heterocycles. The molecule has 0 unspecified atom stereocenters. The first kappa shape index (κ1) is 17.5. The first-order valence-corrected chi connectivity index (χ1v) is 8.63. The number of benzene rings is 3. The molecule has 0 aliphatic rings. The van der Waals surface area contributed by atoms with Crippen LogP contribution in [0.25, 0.3) is 10.8 Å². The summed E-state index contributed by atoms with van der Waals surface area (Å²) >= 11 is 6.25. The van der Waals surface area contributed by atoms with Crippen molar-refractivity contribution in [2.75, 3.05) is 11.1 Å². The van der Waals surface area contributed by atoms with Gasteiger partial charge in [0.25, 0.3) is 0 Å². The van der Waals surface area contributed by atoms with Crippen LogP contribution in [0.1, 0.15) is 5.56 Å². The number of nitrogens with one attached hydrogen (secondary N) is 1. The van der Waals surface area contributed by atoms with Gasteiger partial charge in [-0.05, 0) is 47.9 Å². The zero-order valence-electron chi connectivity index (χ0n) is 14.4. The lowest BCUT2D eigenvalue weighted by atomic mass is 10.1. The molecule has 0 radical (unpaired) electrons. The van der Waals surface area contributed by atoms with Gasteiger partial charge >= 0.3 is 6.01 Å². The van der Waals surface area contributed by atoms with Crippen molar-refractivity contribution in [3.8, 4) is 17.8 Å². The topological polar surface area (TPSA) is 110 Å². The fourth-order valence-electron chi connectivity index (χ4n) is 2.61. The molecule has 28 heavy (non-hydrogen) atoms. The predicted molar refractivity (Wildman–Crippen MR) is 108 cm³/mol. The Morgan fingerprint density at radius 3 is 2.61 bits per heavy atom. The maximum absolute atomic E-state index is 8.87. The standard InChI is InChI=1S/C20H13ClN6O/c21-17-3-1-2-13-6-9-15(10-16(13)17)28-20-26-18(23)25-19(27-20)24-14-7-4-12(11-22)5-8-14/h1-10H,(H3,23,24,25,26,27). The van der Waals surface area contributed by atoms with Gasteiger partial charge < -0.3 is 15.8 Å². The quantitative estimate of drug-likeness (QED) is 0.522. The molecule has 7 nitrogen and oxygen atoms in total. The summed E-state index contributed by atoms with van der Waals surface area (Å²) in [6, 6.07) is 20.1. The summed E-state index contributed by atoms with van der Waals surface area (Å²) in [5.74, 6) is 0.765. The molecular formula is C20H13ClN6O. The number of fused-ring (bicyclic) bond motifs is 1. The fourth-order valence-corrected chi connectivity index (χ4v) is 2.85. The van der Waals surface area contributed by atoms with E-state index >= 15 is 0 Å². The Morgan fingerprint density at radius 1 is 1.00 bits per heavy atom. The Balaban J connectivity index is 1.60. The third kappa shape index (κ3) is 3.77. The highest BCUT2D eigenvalue weighted by atomic mass is 35.5. The normalized spacial score (nSPS) is 10.4. The molecule has 0 saturated heterocycles. The highest BCUT2D eigenvalue weighted by Gasteiger charge is 2.09. The number of ether oxygens (including phenoxy) is 1. The number of hydrogen-bond acceptors (Lipinski definition) is 7. The molecule has 4 rings (SSSR count). The molecule has 0 fully saturated rings. The third-order valence-corrected chi connectivity index (χ3v) is 4.24. The van der Waals surface area contributed by atoms with Crippen LogP contribution in [0.4, 0.5) is 17.6 Å². The molecule has 0 amide bonds. The molecule has 0 atom stereocenters. The second-order valence-electron chi connectivity index (χ2n) is 5.84. The Labute approximate surface area is 165 Å². The average molecular weight is 389 g/mol. The molecule has 3 N–H and O–H groups in total. The predicted octanol–water partition coefficient (Wildman–Crippen LogP) is 4.67. The summed E-state index contributed by atoms with van der Waals surface area (Å²) in [5, 5.41) is 14.4. The van der Waals surface area contributed by atoms with Crippen molar-refractivity contribution in [2.45, 2.75) is 0 Å². The number of halogens is 1. The van der Waals surface area contributed by atoms with E-state index in [2.05, 4.69) is 26.3 Å².